The Kier molecular flexibility index (Phi) is 3.16. The maximum atomic E-state index is 5.98. The summed E-state index contributed by atoms with van der Waals surface area (Å²) in [5.41, 5.74) is 6.91. The van der Waals surface area contributed by atoms with Gasteiger partial charge in [0.15, 0.2) is 0 Å². The highest BCUT2D eigenvalue weighted by Gasteiger charge is 2.24. The lowest BCUT2D eigenvalue weighted by atomic mass is 9.93. The van der Waals surface area contributed by atoms with E-state index in [1.165, 1.54) is 12.8 Å². The fraction of sp³-hybridized carbons (Fsp3) is 0.636. The van der Waals surface area contributed by atoms with E-state index in [9.17, 15) is 0 Å². The first-order chi connectivity index (χ1) is 7.25. The summed E-state index contributed by atoms with van der Waals surface area (Å²) in [6, 6.07) is 2.44. The predicted octanol–water partition coefficient (Wildman–Crippen LogP) is 1.43. The monoisotopic (exact) mass is 207 g/mol. The average molecular weight is 207 g/mol. The van der Waals surface area contributed by atoms with Crippen LogP contribution in [0, 0.1) is 6.92 Å². The van der Waals surface area contributed by atoms with Crippen LogP contribution in [0.2, 0.25) is 0 Å². The lowest BCUT2D eigenvalue weighted by molar-refractivity contribution is 0.120. The van der Waals surface area contributed by atoms with Crippen molar-refractivity contribution >= 4 is 0 Å². The molecular formula is C11H17N3O. The predicted molar refractivity (Wildman–Crippen MR) is 57.6 cm³/mol. The highest BCUT2D eigenvalue weighted by molar-refractivity contribution is 5.04. The number of hydrogen-bond donors (Lipinski definition) is 1. The van der Waals surface area contributed by atoms with Gasteiger partial charge in [-0.25, -0.2) is 9.97 Å². The van der Waals surface area contributed by atoms with E-state index < -0.39 is 0 Å². The van der Waals surface area contributed by atoms with Crippen LogP contribution in [0.4, 0.5) is 0 Å². The minimum atomic E-state index is 0.0838. The minimum Gasteiger partial charge on any atom is -0.458 e. The number of rotatable bonds is 2. The van der Waals surface area contributed by atoms with Crippen LogP contribution in [-0.2, 0) is 0 Å². The molecule has 1 aromatic rings. The smallest absolute Gasteiger partial charge is 0.316 e. The van der Waals surface area contributed by atoms with Crippen LogP contribution in [0.5, 0.6) is 6.01 Å². The van der Waals surface area contributed by atoms with E-state index in [1.54, 1.807) is 6.20 Å². The van der Waals surface area contributed by atoms with Gasteiger partial charge in [0.25, 0.3) is 0 Å². The maximum absolute atomic E-state index is 5.98. The van der Waals surface area contributed by atoms with E-state index >= 15 is 0 Å². The second-order valence-corrected chi connectivity index (χ2v) is 4.09. The first-order valence-electron chi connectivity index (χ1n) is 5.47. The van der Waals surface area contributed by atoms with Crippen molar-refractivity contribution in [2.45, 2.75) is 44.8 Å². The summed E-state index contributed by atoms with van der Waals surface area (Å²) in [6.45, 7) is 1.93. The molecule has 2 atom stereocenters. The molecule has 0 amide bonds. The number of aryl methyl sites for hydroxylation is 1. The van der Waals surface area contributed by atoms with Gasteiger partial charge in [0.05, 0.1) is 0 Å². The summed E-state index contributed by atoms with van der Waals surface area (Å²) in [5, 5.41) is 0. The molecule has 82 valence electrons. The van der Waals surface area contributed by atoms with E-state index in [1.807, 2.05) is 13.0 Å². The second kappa shape index (κ2) is 4.57. The zero-order valence-corrected chi connectivity index (χ0v) is 9.02. The summed E-state index contributed by atoms with van der Waals surface area (Å²) in [4.78, 5) is 8.29. The molecule has 0 saturated heterocycles. The van der Waals surface area contributed by atoms with Gasteiger partial charge in [-0.05, 0) is 32.3 Å². The van der Waals surface area contributed by atoms with Gasteiger partial charge >= 0.3 is 6.01 Å². The molecule has 15 heavy (non-hydrogen) atoms. The quantitative estimate of drug-likeness (QED) is 0.797. The molecule has 1 saturated carbocycles. The summed E-state index contributed by atoms with van der Waals surface area (Å²) >= 11 is 0. The van der Waals surface area contributed by atoms with Gasteiger partial charge in [0.1, 0.15) is 6.10 Å². The lowest BCUT2D eigenvalue weighted by Gasteiger charge is -2.28. The molecule has 4 heteroatoms. The zero-order valence-electron chi connectivity index (χ0n) is 9.02. The van der Waals surface area contributed by atoms with E-state index in [-0.39, 0.29) is 12.1 Å². The third-order valence-electron chi connectivity index (χ3n) is 2.78. The van der Waals surface area contributed by atoms with E-state index in [0.717, 1.165) is 18.5 Å². The van der Waals surface area contributed by atoms with Gasteiger partial charge in [-0.3, -0.25) is 0 Å². The first kappa shape index (κ1) is 10.4. The maximum Gasteiger partial charge on any atom is 0.316 e. The Bertz CT molecular complexity index is 329. The Morgan fingerprint density at radius 3 is 2.93 bits per heavy atom. The van der Waals surface area contributed by atoms with Crippen molar-refractivity contribution in [3.63, 3.8) is 0 Å². The van der Waals surface area contributed by atoms with Crippen molar-refractivity contribution < 1.29 is 4.74 Å². The molecule has 0 aliphatic heterocycles. The largest absolute Gasteiger partial charge is 0.458 e. The van der Waals surface area contributed by atoms with Gasteiger partial charge in [-0.15, -0.1) is 0 Å². The summed E-state index contributed by atoms with van der Waals surface area (Å²) in [7, 11) is 0. The minimum absolute atomic E-state index is 0.0838. The van der Waals surface area contributed by atoms with Crippen LogP contribution < -0.4 is 10.5 Å². The van der Waals surface area contributed by atoms with E-state index in [2.05, 4.69) is 9.97 Å². The molecule has 4 nitrogen and oxygen atoms in total. The van der Waals surface area contributed by atoms with E-state index in [4.69, 9.17) is 10.5 Å². The van der Waals surface area contributed by atoms with Gasteiger partial charge in [-0.2, -0.15) is 0 Å². The Morgan fingerprint density at radius 2 is 2.20 bits per heavy atom. The van der Waals surface area contributed by atoms with Crippen LogP contribution >= 0.6 is 0 Å². The van der Waals surface area contributed by atoms with Crippen LogP contribution in [0.3, 0.4) is 0 Å². The fourth-order valence-electron chi connectivity index (χ4n) is 1.89. The lowest BCUT2D eigenvalue weighted by Crippen LogP contribution is -2.41. The Balaban J connectivity index is 2.01. The van der Waals surface area contributed by atoms with Crippen molar-refractivity contribution in [1.82, 2.24) is 9.97 Å². The van der Waals surface area contributed by atoms with Crippen LogP contribution in [0.15, 0.2) is 12.3 Å². The SMILES string of the molecule is Cc1ccnc(OC2CCCCC2N)n1. The second-order valence-electron chi connectivity index (χ2n) is 4.09. The molecule has 1 aliphatic carbocycles. The summed E-state index contributed by atoms with van der Waals surface area (Å²) in [6.07, 6.45) is 6.24. The number of ether oxygens (including phenoxy) is 1. The Labute approximate surface area is 89.9 Å². The molecule has 1 heterocycles. The molecule has 1 aromatic heterocycles. The third kappa shape index (κ3) is 2.65. The Hall–Kier alpha value is -1.16. The molecule has 0 spiro atoms. The van der Waals surface area contributed by atoms with E-state index in [0.29, 0.717) is 6.01 Å². The number of nitrogens with two attached hydrogens (primary N) is 1. The van der Waals surface area contributed by atoms with Gasteiger partial charge in [-0.1, -0.05) is 6.42 Å². The molecular weight excluding hydrogens is 190 g/mol. The molecule has 1 aliphatic rings. The van der Waals surface area contributed by atoms with Crippen LogP contribution in [0.25, 0.3) is 0 Å². The zero-order chi connectivity index (χ0) is 10.7. The molecule has 2 rings (SSSR count). The summed E-state index contributed by atoms with van der Waals surface area (Å²) in [5.74, 6) is 0. The Morgan fingerprint density at radius 1 is 1.40 bits per heavy atom. The normalized spacial score (nSPS) is 26.3. The van der Waals surface area contributed by atoms with Gasteiger partial charge < -0.3 is 10.5 Å². The van der Waals surface area contributed by atoms with Crippen molar-refractivity contribution in [3.05, 3.63) is 18.0 Å². The van der Waals surface area contributed by atoms with Crippen molar-refractivity contribution in [2.75, 3.05) is 0 Å². The molecule has 0 radical (unpaired) electrons. The molecule has 0 bridgehead atoms. The number of aromatic nitrogens is 2. The highest BCUT2D eigenvalue weighted by atomic mass is 16.5. The number of nitrogens with zero attached hydrogens (tertiary/aromatic N) is 2. The molecule has 2 N–H and O–H groups in total. The van der Waals surface area contributed by atoms with Crippen molar-refractivity contribution in [3.8, 4) is 6.01 Å². The van der Waals surface area contributed by atoms with Gasteiger partial charge in [0, 0.05) is 17.9 Å². The standard InChI is InChI=1S/C11H17N3O/c1-8-6-7-13-11(14-8)15-10-5-3-2-4-9(10)12/h6-7,9-10H,2-5,12H2,1H3. The van der Waals surface area contributed by atoms with Gasteiger partial charge in [0.2, 0.25) is 0 Å². The molecule has 1 fully saturated rings. The van der Waals surface area contributed by atoms with Crippen LogP contribution in [0.1, 0.15) is 31.4 Å². The fourth-order valence-corrected chi connectivity index (χ4v) is 1.89. The average Bonchev–Trinajstić information content (AvgIpc) is 2.22. The topological polar surface area (TPSA) is 61.0 Å². The number of hydrogen-bond acceptors (Lipinski definition) is 4. The third-order valence-corrected chi connectivity index (χ3v) is 2.78. The van der Waals surface area contributed by atoms with Crippen LogP contribution in [-0.4, -0.2) is 22.1 Å². The molecule has 2 unspecified atom stereocenters. The highest BCUT2D eigenvalue weighted by Crippen LogP contribution is 2.20. The summed E-state index contributed by atoms with van der Waals surface area (Å²) < 4.78 is 5.70. The molecule has 0 aromatic carbocycles. The first-order valence-corrected chi connectivity index (χ1v) is 5.47. The van der Waals surface area contributed by atoms with Crippen molar-refractivity contribution in [2.24, 2.45) is 5.73 Å². The van der Waals surface area contributed by atoms with Crippen molar-refractivity contribution in [1.29, 1.82) is 0 Å².